The van der Waals surface area contributed by atoms with E-state index < -0.39 is 0 Å². The molecule has 0 radical (unpaired) electrons. The number of benzene rings is 1. The third kappa shape index (κ3) is 4.31. The maximum Gasteiger partial charge on any atom is 0.237 e. The van der Waals surface area contributed by atoms with Crippen LogP contribution in [0, 0.1) is 0 Å². The topological polar surface area (TPSA) is 23.6 Å². The van der Waals surface area contributed by atoms with E-state index in [2.05, 4.69) is 52.2 Å². The number of halogens is 1. The molecule has 0 aromatic heterocycles. The molecule has 1 saturated heterocycles. The highest BCUT2D eigenvalue weighted by molar-refractivity contribution is 9.10. The highest BCUT2D eigenvalue weighted by Gasteiger charge is 2.28. The average molecular weight is 363 g/mol. The molecule has 1 aliphatic rings. The third-order valence-electron chi connectivity index (χ3n) is 3.99. The minimum atomic E-state index is 0.140. The summed E-state index contributed by atoms with van der Waals surface area (Å²) >= 11 is 3.53. The summed E-state index contributed by atoms with van der Waals surface area (Å²) in [6, 6.07) is 8.71. The van der Waals surface area contributed by atoms with E-state index in [0.29, 0.717) is 25.7 Å². The van der Waals surface area contributed by atoms with Gasteiger partial charge in [0.25, 0.3) is 0 Å². The van der Waals surface area contributed by atoms with Gasteiger partial charge in [0, 0.05) is 23.6 Å². The zero-order valence-electron chi connectivity index (χ0n) is 12.9. The predicted octanol–water partition coefficient (Wildman–Crippen LogP) is 3.79. The summed E-state index contributed by atoms with van der Waals surface area (Å²) < 4.78 is 1.09. The quantitative estimate of drug-likeness (QED) is 0.689. The second kappa shape index (κ2) is 8.30. The molecular weight excluding hydrogens is 340 g/mol. The summed E-state index contributed by atoms with van der Waals surface area (Å²) in [7, 11) is 0. The third-order valence-corrected chi connectivity index (χ3v) is 4.48. The smallest absolute Gasteiger partial charge is 0.237 e. The van der Waals surface area contributed by atoms with Crippen LogP contribution in [-0.4, -0.2) is 41.9 Å². The fraction of sp³-hybridized carbons (Fsp3) is 0.389. The lowest BCUT2D eigenvalue weighted by molar-refractivity contribution is -0.131. The molecule has 2 rings (SSSR count). The van der Waals surface area contributed by atoms with Crippen LogP contribution in [0.15, 0.2) is 54.0 Å². The van der Waals surface area contributed by atoms with E-state index in [9.17, 15) is 4.79 Å². The van der Waals surface area contributed by atoms with Gasteiger partial charge in [0.15, 0.2) is 0 Å². The summed E-state index contributed by atoms with van der Waals surface area (Å²) in [5.41, 5.74) is 1.28. The average Bonchev–Trinajstić information content (AvgIpc) is 2.95. The number of nitrogens with zero attached hydrogens (tertiary/aromatic N) is 2. The van der Waals surface area contributed by atoms with Crippen LogP contribution in [-0.2, 0) is 4.79 Å². The van der Waals surface area contributed by atoms with Crippen LogP contribution in [0.25, 0.3) is 0 Å². The lowest BCUT2D eigenvalue weighted by Crippen LogP contribution is -2.40. The molecule has 0 bridgehead atoms. The Bertz CT molecular complexity index is 534. The Labute approximate surface area is 141 Å². The van der Waals surface area contributed by atoms with Crippen molar-refractivity contribution in [3.63, 3.8) is 0 Å². The van der Waals surface area contributed by atoms with E-state index in [0.717, 1.165) is 23.9 Å². The normalized spacial score (nSPS) is 18.1. The summed E-state index contributed by atoms with van der Waals surface area (Å²) in [5, 5.41) is 0. The first-order valence-electron chi connectivity index (χ1n) is 7.64. The van der Waals surface area contributed by atoms with Gasteiger partial charge >= 0.3 is 0 Å². The van der Waals surface area contributed by atoms with Crippen molar-refractivity contribution >= 4 is 21.8 Å². The number of hydrogen-bond donors (Lipinski definition) is 0. The van der Waals surface area contributed by atoms with Gasteiger partial charge in [0.05, 0.1) is 6.54 Å². The standard InChI is InChI=1S/C18H23BrN2O/c1-3-10-20(11-4-2)18(22)14-21-12-6-9-17(21)15-7-5-8-16(19)13-15/h3-5,7-8,13,17H,1-2,6,9-12,14H2. The second-order valence-corrected chi connectivity index (χ2v) is 6.48. The maximum absolute atomic E-state index is 12.5. The number of amides is 1. The van der Waals surface area contributed by atoms with Gasteiger partial charge in [0.2, 0.25) is 5.91 Å². The summed E-state index contributed by atoms with van der Waals surface area (Å²) in [4.78, 5) is 16.6. The molecule has 3 nitrogen and oxygen atoms in total. The lowest BCUT2D eigenvalue weighted by Gasteiger charge is -2.27. The van der Waals surface area contributed by atoms with Crippen molar-refractivity contribution in [2.45, 2.75) is 18.9 Å². The van der Waals surface area contributed by atoms with Gasteiger partial charge in [-0.2, -0.15) is 0 Å². The predicted molar refractivity (Wildman–Crippen MR) is 94.7 cm³/mol. The second-order valence-electron chi connectivity index (χ2n) is 5.56. The summed E-state index contributed by atoms with van der Waals surface area (Å²) in [6.07, 6.45) is 5.76. The number of carbonyl (C=O) groups is 1. The maximum atomic E-state index is 12.5. The Morgan fingerprint density at radius 2 is 2.09 bits per heavy atom. The molecule has 0 spiro atoms. The van der Waals surface area contributed by atoms with E-state index in [1.54, 1.807) is 17.1 Å². The van der Waals surface area contributed by atoms with Crippen molar-refractivity contribution in [3.05, 3.63) is 59.6 Å². The van der Waals surface area contributed by atoms with E-state index in [1.807, 2.05) is 6.07 Å². The first-order chi connectivity index (χ1) is 10.7. The van der Waals surface area contributed by atoms with Crippen LogP contribution >= 0.6 is 15.9 Å². The van der Waals surface area contributed by atoms with Gasteiger partial charge in [-0.3, -0.25) is 9.69 Å². The van der Waals surface area contributed by atoms with Crippen molar-refractivity contribution in [2.24, 2.45) is 0 Å². The molecule has 118 valence electrons. The largest absolute Gasteiger partial charge is 0.334 e. The number of likely N-dealkylation sites (tertiary alicyclic amines) is 1. The molecule has 22 heavy (non-hydrogen) atoms. The van der Waals surface area contributed by atoms with E-state index in [4.69, 9.17) is 0 Å². The molecule has 1 fully saturated rings. The highest BCUT2D eigenvalue weighted by Crippen LogP contribution is 2.32. The van der Waals surface area contributed by atoms with Gasteiger partial charge in [0.1, 0.15) is 0 Å². The molecule has 4 heteroatoms. The Kier molecular flexibility index (Phi) is 6.40. The van der Waals surface area contributed by atoms with Crippen LogP contribution < -0.4 is 0 Å². The first kappa shape index (κ1) is 17.0. The molecule has 1 aliphatic heterocycles. The Morgan fingerprint density at radius 1 is 1.36 bits per heavy atom. The molecule has 1 atom stereocenters. The Balaban J connectivity index is 2.05. The summed E-state index contributed by atoms with van der Waals surface area (Å²) in [6.45, 7) is 10.0. The van der Waals surface area contributed by atoms with Gasteiger partial charge in [-0.1, -0.05) is 40.2 Å². The molecule has 1 unspecified atom stereocenters. The molecule has 0 N–H and O–H groups in total. The Morgan fingerprint density at radius 3 is 2.73 bits per heavy atom. The SMILES string of the molecule is C=CCN(CC=C)C(=O)CN1CCCC1c1cccc(Br)c1. The van der Waals surface area contributed by atoms with Crippen molar-refractivity contribution < 1.29 is 4.79 Å². The molecule has 0 saturated carbocycles. The molecule has 1 heterocycles. The number of rotatable bonds is 7. The van der Waals surface area contributed by atoms with E-state index >= 15 is 0 Å². The minimum Gasteiger partial charge on any atom is -0.334 e. The first-order valence-corrected chi connectivity index (χ1v) is 8.44. The molecular formula is C18H23BrN2O. The minimum absolute atomic E-state index is 0.140. The molecule has 1 aromatic carbocycles. The zero-order valence-corrected chi connectivity index (χ0v) is 14.5. The number of carbonyl (C=O) groups excluding carboxylic acids is 1. The zero-order chi connectivity index (χ0) is 15.9. The van der Waals surface area contributed by atoms with Crippen LogP contribution in [0.5, 0.6) is 0 Å². The van der Waals surface area contributed by atoms with E-state index in [1.165, 1.54) is 5.56 Å². The fourth-order valence-electron chi connectivity index (χ4n) is 2.97. The molecule has 1 aromatic rings. The van der Waals surface area contributed by atoms with Crippen molar-refractivity contribution in [1.82, 2.24) is 9.80 Å². The highest BCUT2D eigenvalue weighted by atomic mass is 79.9. The monoisotopic (exact) mass is 362 g/mol. The fourth-order valence-corrected chi connectivity index (χ4v) is 3.39. The number of hydrogen-bond acceptors (Lipinski definition) is 2. The van der Waals surface area contributed by atoms with Crippen molar-refractivity contribution in [1.29, 1.82) is 0 Å². The Hall–Kier alpha value is -1.39. The van der Waals surface area contributed by atoms with Gasteiger partial charge in [-0.05, 0) is 37.1 Å². The van der Waals surface area contributed by atoms with Gasteiger partial charge < -0.3 is 4.90 Å². The van der Waals surface area contributed by atoms with Crippen molar-refractivity contribution in [3.8, 4) is 0 Å². The molecule has 0 aliphatic carbocycles. The van der Waals surface area contributed by atoms with Crippen LogP contribution in [0.2, 0.25) is 0 Å². The summed E-state index contributed by atoms with van der Waals surface area (Å²) in [5.74, 6) is 0.140. The molecule has 1 amide bonds. The van der Waals surface area contributed by atoms with E-state index in [-0.39, 0.29) is 5.91 Å². The van der Waals surface area contributed by atoms with Gasteiger partial charge in [-0.15, -0.1) is 13.2 Å². The van der Waals surface area contributed by atoms with Crippen LogP contribution in [0.4, 0.5) is 0 Å². The lowest BCUT2D eigenvalue weighted by atomic mass is 10.0. The van der Waals surface area contributed by atoms with Crippen LogP contribution in [0.3, 0.4) is 0 Å². The van der Waals surface area contributed by atoms with Crippen molar-refractivity contribution in [2.75, 3.05) is 26.2 Å². The van der Waals surface area contributed by atoms with Crippen LogP contribution in [0.1, 0.15) is 24.4 Å². The van der Waals surface area contributed by atoms with Gasteiger partial charge in [-0.25, -0.2) is 0 Å².